The van der Waals surface area contributed by atoms with Crippen molar-refractivity contribution in [3.8, 4) is 0 Å². The molecule has 0 bridgehead atoms. The second kappa shape index (κ2) is 6.72. The first-order chi connectivity index (χ1) is 13.3. The average Bonchev–Trinajstić information content (AvgIpc) is 2.96. The maximum Gasteiger partial charge on any atom is 0.375 e. The summed E-state index contributed by atoms with van der Waals surface area (Å²) < 4.78 is 10.9. The summed E-state index contributed by atoms with van der Waals surface area (Å²) in [6.45, 7) is 5.39. The second-order valence-corrected chi connectivity index (χ2v) is 7.64. The third kappa shape index (κ3) is 3.01. The molecular weight excluding hydrogens is 380 g/mol. The minimum Gasteiger partial charge on any atom is -0.449 e. The van der Waals surface area contributed by atoms with Crippen LogP contribution in [0.5, 0.6) is 0 Å². The van der Waals surface area contributed by atoms with Gasteiger partial charge in [0.05, 0.1) is 10.8 Å². The molecule has 3 heterocycles. The first-order valence-electron chi connectivity index (χ1n) is 8.59. The van der Waals surface area contributed by atoms with Crippen LogP contribution in [0.2, 0.25) is 0 Å². The van der Waals surface area contributed by atoms with Crippen molar-refractivity contribution in [2.24, 2.45) is 0 Å². The number of aromatic amines is 1. The first-order valence-corrected chi connectivity index (χ1v) is 9.40. The van der Waals surface area contributed by atoms with Crippen LogP contribution in [-0.4, -0.2) is 15.9 Å². The van der Waals surface area contributed by atoms with Gasteiger partial charge in [-0.25, -0.2) is 9.78 Å². The van der Waals surface area contributed by atoms with Gasteiger partial charge in [0.25, 0.3) is 5.56 Å². The summed E-state index contributed by atoms with van der Waals surface area (Å²) in [6.07, 6.45) is -0.830. The van der Waals surface area contributed by atoms with E-state index in [-0.39, 0.29) is 22.6 Å². The highest BCUT2D eigenvalue weighted by Crippen LogP contribution is 2.27. The fraction of sp³-hybridized carbons (Fsp3) is 0.200. The van der Waals surface area contributed by atoms with Gasteiger partial charge >= 0.3 is 5.97 Å². The Morgan fingerprint density at radius 1 is 1.25 bits per heavy atom. The van der Waals surface area contributed by atoms with Gasteiger partial charge in [-0.1, -0.05) is 12.1 Å². The summed E-state index contributed by atoms with van der Waals surface area (Å²) in [5.74, 6) is -0.784. The second-order valence-electron chi connectivity index (χ2n) is 6.43. The van der Waals surface area contributed by atoms with E-state index in [0.717, 1.165) is 16.5 Å². The number of H-pyrrole nitrogens is 1. The van der Waals surface area contributed by atoms with Crippen LogP contribution in [0, 0.1) is 13.8 Å². The quantitative estimate of drug-likeness (QED) is 0.531. The van der Waals surface area contributed by atoms with E-state index in [1.807, 2.05) is 13.8 Å². The van der Waals surface area contributed by atoms with Crippen molar-refractivity contribution < 1.29 is 13.9 Å². The topological polar surface area (TPSA) is 102 Å². The molecule has 0 unspecified atom stereocenters. The first kappa shape index (κ1) is 18.1. The third-order valence-corrected chi connectivity index (χ3v) is 5.66. The molecule has 1 aromatic carbocycles. The van der Waals surface area contributed by atoms with Crippen LogP contribution in [0.3, 0.4) is 0 Å². The number of hydrogen-bond donors (Lipinski definition) is 1. The predicted molar refractivity (Wildman–Crippen MR) is 106 cm³/mol. The standard InChI is InChI=1S/C20H16N2O5S/c1-9-11(3)28-19-16(9)18(24)21-17(22-19)10(2)26-20(25)15-8-13(23)12-6-4-5-7-14(12)27-15/h4-8,10H,1-3H3,(H,21,22,24)/t10-/m1/s1. The molecule has 1 atom stereocenters. The van der Waals surface area contributed by atoms with Gasteiger partial charge in [0.1, 0.15) is 10.4 Å². The van der Waals surface area contributed by atoms with Crippen LogP contribution in [-0.2, 0) is 4.74 Å². The van der Waals surface area contributed by atoms with Crippen LogP contribution >= 0.6 is 11.3 Å². The highest BCUT2D eigenvalue weighted by Gasteiger charge is 2.21. The summed E-state index contributed by atoms with van der Waals surface area (Å²) in [4.78, 5) is 45.7. The number of carbonyl (C=O) groups excluding carboxylic acids is 1. The number of carbonyl (C=O) groups is 1. The van der Waals surface area contributed by atoms with Gasteiger partial charge in [0.15, 0.2) is 17.4 Å². The Balaban J connectivity index is 1.66. The van der Waals surface area contributed by atoms with E-state index < -0.39 is 12.1 Å². The average molecular weight is 396 g/mol. The molecule has 0 aliphatic heterocycles. The van der Waals surface area contributed by atoms with E-state index >= 15 is 0 Å². The number of para-hydroxylation sites is 1. The molecule has 3 aromatic heterocycles. The number of fused-ring (bicyclic) bond motifs is 2. The number of hydrogen-bond acceptors (Lipinski definition) is 7. The third-order valence-electron chi connectivity index (χ3n) is 4.56. The van der Waals surface area contributed by atoms with Crippen LogP contribution in [0.4, 0.5) is 0 Å². The largest absolute Gasteiger partial charge is 0.449 e. The lowest BCUT2D eigenvalue weighted by Gasteiger charge is -2.12. The smallest absolute Gasteiger partial charge is 0.375 e. The van der Waals surface area contributed by atoms with Crippen molar-refractivity contribution in [1.82, 2.24) is 9.97 Å². The van der Waals surface area contributed by atoms with Crippen molar-refractivity contribution in [2.45, 2.75) is 26.9 Å². The van der Waals surface area contributed by atoms with E-state index in [0.29, 0.717) is 21.2 Å². The molecule has 0 radical (unpaired) electrons. The number of ether oxygens (including phenoxy) is 1. The normalized spacial score (nSPS) is 12.4. The predicted octanol–water partition coefficient (Wildman–Crippen LogP) is 3.63. The van der Waals surface area contributed by atoms with Crippen molar-refractivity contribution in [3.63, 3.8) is 0 Å². The lowest BCUT2D eigenvalue weighted by atomic mass is 10.2. The zero-order valence-corrected chi connectivity index (χ0v) is 16.2. The highest BCUT2D eigenvalue weighted by atomic mass is 32.1. The van der Waals surface area contributed by atoms with Crippen molar-refractivity contribution in [1.29, 1.82) is 0 Å². The number of thiophene rings is 1. The fourth-order valence-corrected chi connectivity index (χ4v) is 3.98. The lowest BCUT2D eigenvalue weighted by Crippen LogP contribution is -2.18. The monoisotopic (exact) mass is 396 g/mol. The van der Waals surface area contributed by atoms with Gasteiger partial charge < -0.3 is 14.1 Å². The molecule has 0 saturated heterocycles. The van der Waals surface area contributed by atoms with E-state index in [1.165, 1.54) is 11.3 Å². The Bertz CT molecular complexity index is 1350. The molecule has 7 nitrogen and oxygen atoms in total. The number of nitrogens with one attached hydrogen (secondary N) is 1. The van der Waals surface area contributed by atoms with Gasteiger partial charge in [-0.05, 0) is 38.5 Å². The van der Waals surface area contributed by atoms with Crippen LogP contribution in [0.15, 0.2) is 44.3 Å². The molecule has 0 spiro atoms. The maximum atomic E-state index is 12.5. The molecule has 1 N–H and O–H groups in total. The molecule has 142 valence electrons. The molecule has 4 aromatic rings. The fourth-order valence-electron chi connectivity index (χ4n) is 2.94. The Hall–Kier alpha value is -3.26. The number of aryl methyl sites for hydroxylation is 2. The van der Waals surface area contributed by atoms with Crippen molar-refractivity contribution in [3.05, 3.63) is 72.9 Å². The summed E-state index contributed by atoms with van der Waals surface area (Å²) >= 11 is 1.41. The highest BCUT2D eigenvalue weighted by molar-refractivity contribution is 7.18. The zero-order valence-electron chi connectivity index (χ0n) is 15.4. The number of nitrogens with zero attached hydrogens (tertiary/aromatic N) is 1. The summed E-state index contributed by atoms with van der Waals surface area (Å²) in [7, 11) is 0. The minimum absolute atomic E-state index is 0.207. The Labute approximate surface area is 162 Å². The molecule has 0 aliphatic rings. The zero-order chi connectivity index (χ0) is 20.0. The van der Waals surface area contributed by atoms with Gasteiger partial charge in [-0.15, -0.1) is 11.3 Å². The summed E-state index contributed by atoms with van der Waals surface area (Å²) in [5.41, 5.74) is 0.580. The van der Waals surface area contributed by atoms with Gasteiger partial charge in [-0.2, -0.15) is 0 Å². The van der Waals surface area contributed by atoms with E-state index in [9.17, 15) is 14.4 Å². The van der Waals surface area contributed by atoms with Gasteiger partial charge in [0, 0.05) is 10.9 Å². The van der Waals surface area contributed by atoms with Crippen molar-refractivity contribution in [2.75, 3.05) is 0 Å². The van der Waals surface area contributed by atoms with Gasteiger partial charge in [0.2, 0.25) is 5.76 Å². The molecule has 8 heteroatoms. The van der Waals surface area contributed by atoms with E-state index in [4.69, 9.17) is 9.15 Å². The van der Waals surface area contributed by atoms with Gasteiger partial charge in [-0.3, -0.25) is 9.59 Å². The number of aromatic nitrogens is 2. The molecule has 0 saturated carbocycles. The Morgan fingerprint density at radius 2 is 2.00 bits per heavy atom. The molecule has 4 rings (SSSR count). The molecule has 0 fully saturated rings. The van der Waals surface area contributed by atoms with Crippen LogP contribution < -0.4 is 11.0 Å². The summed E-state index contributed by atoms with van der Waals surface area (Å²) in [6, 6.07) is 7.74. The maximum absolute atomic E-state index is 12.5. The number of benzene rings is 1. The molecular formula is C20H16N2O5S. The SMILES string of the molecule is Cc1sc2nc([C@@H](C)OC(=O)c3cc(=O)c4ccccc4o3)[nH]c(=O)c2c1C. The molecule has 0 amide bonds. The van der Waals surface area contributed by atoms with Crippen molar-refractivity contribution >= 4 is 38.5 Å². The summed E-state index contributed by atoms with van der Waals surface area (Å²) in [5, 5.41) is 0.928. The van der Waals surface area contributed by atoms with Crippen LogP contribution in [0.1, 0.15) is 39.8 Å². The van der Waals surface area contributed by atoms with Crippen LogP contribution in [0.25, 0.3) is 21.2 Å². The number of esters is 1. The Kier molecular flexibility index (Phi) is 4.35. The minimum atomic E-state index is -0.830. The molecule has 0 aliphatic carbocycles. The molecule has 28 heavy (non-hydrogen) atoms. The van der Waals surface area contributed by atoms with E-state index in [2.05, 4.69) is 9.97 Å². The Morgan fingerprint density at radius 3 is 2.79 bits per heavy atom. The van der Waals surface area contributed by atoms with E-state index in [1.54, 1.807) is 31.2 Å². The number of rotatable bonds is 3. The lowest BCUT2D eigenvalue weighted by molar-refractivity contribution is 0.0284.